The van der Waals surface area contributed by atoms with Crippen LogP contribution in [0, 0.1) is 5.82 Å². The van der Waals surface area contributed by atoms with Crippen LogP contribution >= 0.6 is 0 Å². The first kappa shape index (κ1) is 12.8. The standard InChI is InChI=1S/C6H7FN2.H2O4S/c7-5-2-1-3-6(4-5)9-8;1-5(2,3)4/h1-4,9H,8H2;(H2,1,2,3,4). The molecule has 0 aliphatic heterocycles. The van der Waals surface area contributed by atoms with E-state index < -0.39 is 10.4 Å². The average Bonchev–Trinajstić information content (AvgIpc) is 2.01. The van der Waals surface area contributed by atoms with Crippen molar-refractivity contribution in [1.29, 1.82) is 0 Å². The van der Waals surface area contributed by atoms with Crippen molar-refractivity contribution in [3.63, 3.8) is 0 Å². The van der Waals surface area contributed by atoms with E-state index in [9.17, 15) is 4.39 Å². The molecular formula is C6H9FN2O4S. The van der Waals surface area contributed by atoms with Gasteiger partial charge < -0.3 is 5.43 Å². The third kappa shape index (κ3) is 8.87. The Morgan fingerprint density at radius 1 is 1.36 bits per heavy atom. The molecule has 1 aromatic carbocycles. The number of anilines is 1. The number of nitrogens with two attached hydrogens (primary N) is 1. The molecule has 0 aliphatic carbocycles. The highest BCUT2D eigenvalue weighted by atomic mass is 32.3. The van der Waals surface area contributed by atoms with E-state index in [1.807, 2.05) is 0 Å². The van der Waals surface area contributed by atoms with Gasteiger partial charge in [-0.05, 0) is 18.2 Å². The van der Waals surface area contributed by atoms with E-state index in [4.69, 9.17) is 23.4 Å². The molecule has 0 heterocycles. The molecule has 0 aliphatic rings. The Hall–Kier alpha value is -1.22. The summed E-state index contributed by atoms with van der Waals surface area (Å²) in [7, 11) is -4.67. The maximum Gasteiger partial charge on any atom is 0.394 e. The minimum Gasteiger partial charge on any atom is -0.324 e. The molecule has 1 rings (SSSR count). The summed E-state index contributed by atoms with van der Waals surface area (Å²) in [5.74, 6) is 4.72. The van der Waals surface area contributed by atoms with Crippen LogP contribution in [0.4, 0.5) is 10.1 Å². The lowest BCUT2D eigenvalue weighted by Gasteiger charge is -1.96. The molecule has 0 radical (unpaired) electrons. The van der Waals surface area contributed by atoms with Gasteiger partial charge in [-0.1, -0.05) is 6.07 Å². The third-order valence-electron chi connectivity index (χ3n) is 0.991. The lowest BCUT2D eigenvalue weighted by molar-refractivity contribution is 0.381. The Bertz CT molecular complexity index is 373. The second-order valence-electron chi connectivity index (χ2n) is 2.10. The number of rotatable bonds is 1. The summed E-state index contributed by atoms with van der Waals surface area (Å²) in [6.07, 6.45) is 0. The molecule has 1 aromatic rings. The SMILES string of the molecule is NNc1cccc(F)c1.O=S(=O)(O)O. The van der Waals surface area contributed by atoms with Crippen LogP contribution in [0.25, 0.3) is 0 Å². The molecule has 5 N–H and O–H groups in total. The molecule has 14 heavy (non-hydrogen) atoms. The van der Waals surface area contributed by atoms with Gasteiger partial charge in [0.1, 0.15) is 5.82 Å². The first-order chi connectivity index (χ1) is 6.33. The largest absolute Gasteiger partial charge is 0.394 e. The number of hydrogen-bond acceptors (Lipinski definition) is 4. The number of nitrogens with one attached hydrogen (secondary N) is 1. The van der Waals surface area contributed by atoms with Crippen LogP contribution in [0.3, 0.4) is 0 Å². The Morgan fingerprint density at radius 3 is 2.14 bits per heavy atom. The van der Waals surface area contributed by atoms with Gasteiger partial charge in [0.25, 0.3) is 0 Å². The Morgan fingerprint density at radius 2 is 1.86 bits per heavy atom. The van der Waals surface area contributed by atoms with Crippen LogP contribution in [-0.2, 0) is 10.4 Å². The molecule has 0 saturated carbocycles. The first-order valence-electron chi connectivity index (χ1n) is 3.25. The van der Waals surface area contributed by atoms with E-state index in [1.165, 1.54) is 12.1 Å². The molecule has 0 unspecified atom stereocenters. The Balaban J connectivity index is 0.000000292. The van der Waals surface area contributed by atoms with Gasteiger partial charge in [-0.2, -0.15) is 8.42 Å². The molecule has 80 valence electrons. The number of hydrazine groups is 1. The number of benzene rings is 1. The van der Waals surface area contributed by atoms with Crippen molar-refractivity contribution in [2.24, 2.45) is 5.84 Å². The van der Waals surface area contributed by atoms with Gasteiger partial charge >= 0.3 is 10.4 Å². The molecule has 0 fully saturated rings. The highest BCUT2D eigenvalue weighted by Crippen LogP contribution is 2.05. The fourth-order valence-electron chi connectivity index (χ4n) is 0.578. The molecular weight excluding hydrogens is 215 g/mol. The summed E-state index contributed by atoms with van der Waals surface area (Å²) in [5, 5.41) is 0. The minimum atomic E-state index is -4.67. The number of halogens is 1. The molecule has 0 spiro atoms. The van der Waals surface area contributed by atoms with E-state index in [0.29, 0.717) is 5.69 Å². The van der Waals surface area contributed by atoms with Crippen molar-refractivity contribution in [2.75, 3.05) is 5.43 Å². The molecule has 0 saturated heterocycles. The van der Waals surface area contributed by atoms with Gasteiger partial charge in [0.15, 0.2) is 0 Å². The van der Waals surface area contributed by atoms with E-state index >= 15 is 0 Å². The summed E-state index contributed by atoms with van der Waals surface area (Å²) >= 11 is 0. The van der Waals surface area contributed by atoms with Crippen LogP contribution in [-0.4, -0.2) is 17.5 Å². The van der Waals surface area contributed by atoms with Crippen LogP contribution < -0.4 is 11.3 Å². The van der Waals surface area contributed by atoms with Gasteiger partial charge in [0, 0.05) is 0 Å². The van der Waals surface area contributed by atoms with Gasteiger partial charge in [-0.3, -0.25) is 14.9 Å². The minimum absolute atomic E-state index is 0.287. The first-order valence-corrected chi connectivity index (χ1v) is 4.64. The quantitative estimate of drug-likeness (QED) is 0.313. The summed E-state index contributed by atoms with van der Waals surface area (Å²) in [6.45, 7) is 0. The van der Waals surface area contributed by atoms with E-state index in [1.54, 1.807) is 12.1 Å². The second-order valence-corrected chi connectivity index (χ2v) is 3.00. The molecule has 0 amide bonds. The molecule has 0 aromatic heterocycles. The van der Waals surface area contributed by atoms with Gasteiger partial charge in [0.2, 0.25) is 0 Å². The maximum absolute atomic E-state index is 12.3. The smallest absolute Gasteiger partial charge is 0.324 e. The van der Waals surface area contributed by atoms with Crippen LogP contribution in [0.15, 0.2) is 24.3 Å². The molecule has 8 heteroatoms. The predicted octanol–water partition coefficient (Wildman–Crippen LogP) is 0.459. The van der Waals surface area contributed by atoms with Crippen LogP contribution in [0.5, 0.6) is 0 Å². The Kier molecular flexibility index (Phi) is 5.02. The summed E-state index contributed by atoms with van der Waals surface area (Å²) in [4.78, 5) is 0. The third-order valence-corrected chi connectivity index (χ3v) is 0.991. The highest BCUT2D eigenvalue weighted by molar-refractivity contribution is 7.79. The van der Waals surface area contributed by atoms with Crippen LogP contribution in [0.2, 0.25) is 0 Å². The van der Waals surface area contributed by atoms with Crippen molar-refractivity contribution in [3.05, 3.63) is 30.1 Å². The molecule has 6 nitrogen and oxygen atoms in total. The normalized spacial score (nSPS) is 10.0. The van der Waals surface area contributed by atoms with E-state index in [-0.39, 0.29) is 5.82 Å². The fourth-order valence-corrected chi connectivity index (χ4v) is 0.578. The summed E-state index contributed by atoms with van der Waals surface area (Å²) in [5.41, 5.74) is 2.91. The average molecular weight is 224 g/mol. The van der Waals surface area contributed by atoms with Crippen molar-refractivity contribution in [1.82, 2.24) is 0 Å². The van der Waals surface area contributed by atoms with E-state index in [0.717, 1.165) is 0 Å². The van der Waals surface area contributed by atoms with Gasteiger partial charge in [-0.15, -0.1) is 0 Å². The summed E-state index contributed by atoms with van der Waals surface area (Å²) in [6, 6.07) is 5.95. The number of nitrogen functional groups attached to an aromatic ring is 1. The van der Waals surface area contributed by atoms with Gasteiger partial charge in [-0.25, -0.2) is 4.39 Å². The monoisotopic (exact) mass is 224 g/mol. The summed E-state index contributed by atoms with van der Waals surface area (Å²) < 4.78 is 43.8. The zero-order valence-electron chi connectivity index (χ0n) is 6.88. The van der Waals surface area contributed by atoms with Crippen molar-refractivity contribution < 1.29 is 21.9 Å². The van der Waals surface area contributed by atoms with Gasteiger partial charge in [0.05, 0.1) is 5.69 Å². The van der Waals surface area contributed by atoms with Crippen molar-refractivity contribution in [3.8, 4) is 0 Å². The zero-order valence-corrected chi connectivity index (χ0v) is 7.70. The maximum atomic E-state index is 12.3. The van der Waals surface area contributed by atoms with Crippen molar-refractivity contribution >= 4 is 16.1 Å². The van der Waals surface area contributed by atoms with Crippen molar-refractivity contribution in [2.45, 2.75) is 0 Å². The molecule has 0 bridgehead atoms. The fraction of sp³-hybridized carbons (Fsp3) is 0. The highest BCUT2D eigenvalue weighted by Gasteiger charge is 1.88. The predicted molar refractivity (Wildman–Crippen MR) is 48.4 cm³/mol. The topological polar surface area (TPSA) is 113 Å². The van der Waals surface area contributed by atoms with Crippen LogP contribution in [0.1, 0.15) is 0 Å². The second kappa shape index (κ2) is 5.50. The van der Waals surface area contributed by atoms with E-state index in [2.05, 4.69) is 5.43 Å². The zero-order chi connectivity index (χ0) is 11.2. The lowest BCUT2D eigenvalue weighted by atomic mass is 10.3. The number of hydrogen-bond donors (Lipinski definition) is 4. The molecule has 0 atom stereocenters. The Labute approximate surface area is 80.1 Å². The lowest BCUT2D eigenvalue weighted by Crippen LogP contribution is -2.06.